The molecule has 25 heavy (non-hydrogen) atoms. The maximum Gasteiger partial charge on any atom is 0.287 e. The molecule has 4 heteroatoms. The molecule has 2 aromatic rings. The first-order chi connectivity index (χ1) is 12.0. The Labute approximate surface area is 149 Å². The number of rotatable bonds is 8. The molecule has 0 saturated heterocycles. The molecule has 0 spiro atoms. The van der Waals surface area contributed by atoms with Crippen molar-refractivity contribution in [3.63, 3.8) is 0 Å². The summed E-state index contributed by atoms with van der Waals surface area (Å²) in [6, 6.07) is 16.2. The zero-order valence-corrected chi connectivity index (χ0v) is 15.0. The average molecular weight is 339 g/mol. The van der Waals surface area contributed by atoms with E-state index in [9.17, 15) is 9.59 Å². The highest BCUT2D eigenvalue weighted by molar-refractivity contribution is 6.36. The molecule has 0 bridgehead atoms. The van der Waals surface area contributed by atoms with Gasteiger partial charge < -0.3 is 10.1 Å². The molecule has 0 radical (unpaired) electrons. The first-order valence-electron chi connectivity index (χ1n) is 8.69. The molecule has 2 aromatic carbocycles. The van der Waals surface area contributed by atoms with Gasteiger partial charge in [-0.3, -0.25) is 9.59 Å². The van der Waals surface area contributed by atoms with Crippen molar-refractivity contribution in [2.24, 2.45) is 0 Å². The van der Waals surface area contributed by atoms with Crippen LogP contribution in [0, 0.1) is 0 Å². The molecular formula is C21H25NO3. The van der Waals surface area contributed by atoms with Crippen LogP contribution >= 0.6 is 0 Å². The van der Waals surface area contributed by atoms with E-state index in [4.69, 9.17) is 4.74 Å². The van der Waals surface area contributed by atoms with Crippen LogP contribution in [-0.2, 0) is 16.0 Å². The minimum atomic E-state index is -0.499. The summed E-state index contributed by atoms with van der Waals surface area (Å²) < 4.78 is 5.46. The van der Waals surface area contributed by atoms with Gasteiger partial charge in [0.15, 0.2) is 0 Å². The normalized spacial score (nSPS) is 11.6. The number of benzene rings is 2. The lowest BCUT2D eigenvalue weighted by Gasteiger charge is -2.13. The van der Waals surface area contributed by atoms with E-state index in [0.717, 1.165) is 22.4 Å². The van der Waals surface area contributed by atoms with Gasteiger partial charge in [-0.15, -0.1) is 0 Å². The van der Waals surface area contributed by atoms with Gasteiger partial charge in [0.2, 0.25) is 5.78 Å². The smallest absolute Gasteiger partial charge is 0.287 e. The molecule has 1 N–H and O–H groups in total. The van der Waals surface area contributed by atoms with Crippen molar-refractivity contribution in [1.82, 2.24) is 5.32 Å². The Morgan fingerprint density at radius 3 is 2.04 bits per heavy atom. The van der Waals surface area contributed by atoms with Gasteiger partial charge in [0.25, 0.3) is 5.91 Å². The van der Waals surface area contributed by atoms with Gasteiger partial charge in [0.05, 0.1) is 6.61 Å². The zero-order chi connectivity index (χ0) is 18.2. The number of ketones is 1. The van der Waals surface area contributed by atoms with Gasteiger partial charge >= 0.3 is 0 Å². The summed E-state index contributed by atoms with van der Waals surface area (Å²) in [6.07, 6.45) is 0.918. The minimum Gasteiger partial charge on any atom is -0.494 e. The van der Waals surface area contributed by atoms with Crippen molar-refractivity contribution in [3.05, 3.63) is 54.1 Å². The summed E-state index contributed by atoms with van der Waals surface area (Å²) in [6.45, 7) is 6.22. The summed E-state index contributed by atoms with van der Waals surface area (Å²) in [5.41, 5.74) is 3.38. The van der Waals surface area contributed by atoms with E-state index in [1.165, 1.54) is 0 Å². The van der Waals surface area contributed by atoms with Crippen LogP contribution in [0.1, 0.15) is 32.8 Å². The van der Waals surface area contributed by atoms with Crippen LogP contribution < -0.4 is 10.1 Å². The molecule has 0 aliphatic heterocycles. The van der Waals surface area contributed by atoms with Gasteiger partial charge in [-0.05, 0) is 49.1 Å². The molecule has 0 saturated carbocycles. The van der Waals surface area contributed by atoms with Gasteiger partial charge in [0.1, 0.15) is 5.75 Å². The highest BCUT2D eigenvalue weighted by Gasteiger charge is 2.14. The summed E-state index contributed by atoms with van der Waals surface area (Å²) in [7, 11) is 0. The fourth-order valence-corrected chi connectivity index (χ4v) is 2.61. The van der Waals surface area contributed by atoms with Crippen LogP contribution in [0.5, 0.6) is 5.75 Å². The Morgan fingerprint density at radius 1 is 0.960 bits per heavy atom. The number of hydrogen-bond acceptors (Lipinski definition) is 3. The lowest BCUT2D eigenvalue weighted by molar-refractivity contribution is -0.138. The number of ether oxygens (including phenoxy) is 1. The molecule has 4 nitrogen and oxygen atoms in total. The average Bonchev–Trinajstić information content (AvgIpc) is 2.62. The summed E-state index contributed by atoms with van der Waals surface area (Å²) >= 11 is 0. The SMILES string of the molecule is CCOc1ccc(-c2ccc(CC(C)NC(=O)C(=O)CC)cc2)cc1. The minimum absolute atomic E-state index is 0.0840. The van der Waals surface area contributed by atoms with E-state index in [1.807, 2.05) is 38.1 Å². The Kier molecular flexibility index (Phi) is 6.75. The fraction of sp³-hybridized carbons (Fsp3) is 0.333. The monoisotopic (exact) mass is 339 g/mol. The van der Waals surface area contributed by atoms with Crippen LogP contribution in [0.3, 0.4) is 0 Å². The van der Waals surface area contributed by atoms with Crippen LogP contribution in [-0.4, -0.2) is 24.3 Å². The molecule has 1 atom stereocenters. The Morgan fingerprint density at radius 2 is 1.52 bits per heavy atom. The molecule has 0 aromatic heterocycles. The van der Waals surface area contributed by atoms with Gasteiger partial charge in [-0.25, -0.2) is 0 Å². The van der Waals surface area contributed by atoms with E-state index in [0.29, 0.717) is 13.0 Å². The standard InChI is InChI=1S/C21H25NO3/c1-4-20(23)21(24)22-15(3)14-16-6-8-17(9-7-16)18-10-12-19(13-11-18)25-5-2/h6-13,15H,4-5,14H2,1-3H3,(H,22,24). The molecule has 1 unspecified atom stereocenters. The van der Waals surface area contributed by atoms with Crippen LogP contribution in [0.2, 0.25) is 0 Å². The predicted octanol–water partition coefficient (Wildman–Crippen LogP) is 3.78. The van der Waals surface area contributed by atoms with E-state index >= 15 is 0 Å². The molecule has 0 aliphatic rings. The largest absolute Gasteiger partial charge is 0.494 e. The summed E-state index contributed by atoms with van der Waals surface area (Å²) in [5, 5.41) is 2.74. The molecular weight excluding hydrogens is 314 g/mol. The highest BCUT2D eigenvalue weighted by atomic mass is 16.5. The number of nitrogens with one attached hydrogen (secondary N) is 1. The second-order valence-corrected chi connectivity index (χ2v) is 6.01. The lowest BCUT2D eigenvalue weighted by atomic mass is 10.0. The van der Waals surface area contributed by atoms with Gasteiger partial charge in [0, 0.05) is 12.5 Å². The van der Waals surface area contributed by atoms with E-state index in [1.54, 1.807) is 6.92 Å². The molecule has 2 rings (SSSR count). The van der Waals surface area contributed by atoms with Crippen molar-refractivity contribution >= 4 is 11.7 Å². The Bertz CT molecular complexity index is 705. The predicted molar refractivity (Wildman–Crippen MR) is 99.7 cm³/mol. The molecule has 1 amide bonds. The second-order valence-electron chi connectivity index (χ2n) is 6.01. The zero-order valence-electron chi connectivity index (χ0n) is 15.0. The number of amides is 1. The number of carbonyl (C=O) groups is 2. The number of hydrogen-bond donors (Lipinski definition) is 1. The Hall–Kier alpha value is -2.62. The first-order valence-corrected chi connectivity index (χ1v) is 8.69. The molecule has 132 valence electrons. The van der Waals surface area contributed by atoms with Gasteiger partial charge in [-0.1, -0.05) is 43.3 Å². The maximum absolute atomic E-state index is 11.6. The third-order valence-corrected chi connectivity index (χ3v) is 3.95. The molecule has 0 fully saturated rings. The Balaban J connectivity index is 1.97. The van der Waals surface area contributed by atoms with Crippen molar-refractivity contribution in [1.29, 1.82) is 0 Å². The maximum atomic E-state index is 11.6. The second kappa shape index (κ2) is 9.02. The third kappa shape index (κ3) is 5.45. The van der Waals surface area contributed by atoms with E-state index in [2.05, 4.69) is 29.6 Å². The lowest BCUT2D eigenvalue weighted by Crippen LogP contribution is -2.38. The van der Waals surface area contributed by atoms with Crippen molar-refractivity contribution in [3.8, 4) is 16.9 Å². The first kappa shape index (κ1) is 18.7. The van der Waals surface area contributed by atoms with Gasteiger partial charge in [-0.2, -0.15) is 0 Å². The quantitative estimate of drug-likeness (QED) is 0.745. The van der Waals surface area contributed by atoms with Crippen molar-refractivity contribution < 1.29 is 14.3 Å². The van der Waals surface area contributed by atoms with E-state index < -0.39 is 5.91 Å². The third-order valence-electron chi connectivity index (χ3n) is 3.95. The van der Waals surface area contributed by atoms with Crippen LogP contribution in [0.4, 0.5) is 0 Å². The fourth-order valence-electron chi connectivity index (χ4n) is 2.61. The van der Waals surface area contributed by atoms with Crippen LogP contribution in [0.25, 0.3) is 11.1 Å². The van der Waals surface area contributed by atoms with E-state index in [-0.39, 0.29) is 18.2 Å². The number of carbonyl (C=O) groups excluding carboxylic acids is 2. The van der Waals surface area contributed by atoms with Crippen LogP contribution in [0.15, 0.2) is 48.5 Å². The highest BCUT2D eigenvalue weighted by Crippen LogP contribution is 2.23. The molecule has 0 aliphatic carbocycles. The van der Waals surface area contributed by atoms with Crippen molar-refractivity contribution in [2.45, 2.75) is 39.7 Å². The topological polar surface area (TPSA) is 55.4 Å². The van der Waals surface area contributed by atoms with Crippen molar-refractivity contribution in [2.75, 3.05) is 6.61 Å². The number of Topliss-reactive ketones (excluding diaryl/α,β-unsaturated/α-hetero) is 1. The summed E-state index contributed by atoms with van der Waals surface area (Å²) in [4.78, 5) is 23.0. The summed E-state index contributed by atoms with van der Waals surface area (Å²) in [5.74, 6) is -0.00670. The molecule has 0 heterocycles.